The second kappa shape index (κ2) is 5.78. The average molecular weight is 294 g/mol. The minimum atomic E-state index is -0.437. The van der Waals surface area contributed by atoms with Crippen LogP contribution in [0.4, 0.5) is 17.5 Å². The molecular formula is C11H14N6O2S. The molecule has 0 fully saturated rings. The van der Waals surface area contributed by atoms with E-state index in [1.165, 1.54) is 6.07 Å². The number of nitrogens with one attached hydrogen (secondary N) is 1. The van der Waals surface area contributed by atoms with Gasteiger partial charge in [0, 0.05) is 12.1 Å². The topological polar surface area (TPSA) is 133 Å². The highest BCUT2D eigenvalue weighted by atomic mass is 32.2. The molecule has 2 aromatic heterocycles. The lowest BCUT2D eigenvalue weighted by Crippen LogP contribution is -2.23. The lowest BCUT2D eigenvalue weighted by Gasteiger charge is -2.09. The molecule has 0 unspecified atom stereocenters. The number of nitrogens with zero attached hydrogens (tertiary/aromatic N) is 3. The molecule has 2 heterocycles. The molecule has 20 heavy (non-hydrogen) atoms. The van der Waals surface area contributed by atoms with Gasteiger partial charge in [-0.05, 0) is 13.8 Å². The summed E-state index contributed by atoms with van der Waals surface area (Å²) in [6.07, 6.45) is 0. The molecule has 8 nitrogen and oxygen atoms in total. The van der Waals surface area contributed by atoms with Crippen molar-refractivity contribution in [1.82, 2.24) is 15.1 Å². The maximum Gasteiger partial charge on any atom is 0.238 e. The van der Waals surface area contributed by atoms with E-state index < -0.39 is 5.25 Å². The number of nitrogens with two attached hydrogens (primary N) is 2. The van der Waals surface area contributed by atoms with Crippen LogP contribution in [0.25, 0.3) is 0 Å². The number of hydrogen-bond acceptors (Lipinski definition) is 8. The van der Waals surface area contributed by atoms with Crippen molar-refractivity contribution < 1.29 is 9.32 Å². The lowest BCUT2D eigenvalue weighted by atomic mass is 10.4. The smallest absolute Gasteiger partial charge is 0.238 e. The number of carbonyl (C=O) groups excluding carboxylic acids is 1. The van der Waals surface area contributed by atoms with E-state index in [0.29, 0.717) is 16.7 Å². The number of nitrogen functional groups attached to an aromatic ring is 2. The predicted octanol–water partition coefficient (Wildman–Crippen LogP) is 1.06. The summed E-state index contributed by atoms with van der Waals surface area (Å²) in [4.78, 5) is 20.0. The molecular weight excluding hydrogens is 280 g/mol. The molecule has 0 radical (unpaired) electrons. The van der Waals surface area contributed by atoms with Crippen molar-refractivity contribution >= 4 is 35.1 Å². The van der Waals surface area contributed by atoms with Gasteiger partial charge in [-0.2, -0.15) is 0 Å². The Kier molecular flexibility index (Phi) is 4.08. The van der Waals surface area contributed by atoms with Gasteiger partial charge in [-0.1, -0.05) is 16.9 Å². The van der Waals surface area contributed by atoms with E-state index in [0.717, 1.165) is 11.8 Å². The maximum atomic E-state index is 12.0. The van der Waals surface area contributed by atoms with Crippen molar-refractivity contribution in [2.24, 2.45) is 0 Å². The Balaban J connectivity index is 2.00. The van der Waals surface area contributed by atoms with Gasteiger partial charge in [-0.15, -0.1) is 0 Å². The molecule has 1 amide bonds. The van der Waals surface area contributed by atoms with E-state index in [-0.39, 0.29) is 17.5 Å². The van der Waals surface area contributed by atoms with Gasteiger partial charge in [-0.3, -0.25) is 4.79 Å². The first-order valence-electron chi connectivity index (χ1n) is 5.75. The van der Waals surface area contributed by atoms with Crippen molar-refractivity contribution in [3.63, 3.8) is 0 Å². The van der Waals surface area contributed by atoms with E-state index in [9.17, 15) is 4.79 Å². The molecule has 0 spiro atoms. The summed E-state index contributed by atoms with van der Waals surface area (Å²) in [5.74, 6) is 1.27. The quantitative estimate of drug-likeness (QED) is 0.563. The summed E-state index contributed by atoms with van der Waals surface area (Å²) in [5.41, 5.74) is 11.1. The maximum absolute atomic E-state index is 12.0. The summed E-state index contributed by atoms with van der Waals surface area (Å²) in [6.45, 7) is 3.46. The summed E-state index contributed by atoms with van der Waals surface area (Å²) in [7, 11) is 0. The Morgan fingerprint density at radius 3 is 2.55 bits per heavy atom. The number of aromatic nitrogens is 3. The van der Waals surface area contributed by atoms with E-state index in [1.54, 1.807) is 19.9 Å². The number of hydrogen-bond donors (Lipinski definition) is 3. The molecule has 0 bridgehead atoms. The van der Waals surface area contributed by atoms with E-state index in [2.05, 4.69) is 20.4 Å². The zero-order valence-electron chi connectivity index (χ0n) is 11.0. The second-order valence-corrected chi connectivity index (χ2v) is 5.38. The Labute approximate surface area is 119 Å². The molecule has 0 saturated heterocycles. The molecule has 106 valence electrons. The molecule has 2 rings (SSSR count). The fraction of sp³-hybridized carbons (Fsp3) is 0.273. The Morgan fingerprint density at radius 2 is 2.00 bits per heavy atom. The molecule has 5 N–H and O–H groups in total. The third-order valence-electron chi connectivity index (χ3n) is 2.28. The average Bonchev–Trinajstić information content (AvgIpc) is 2.73. The largest absolute Gasteiger partial charge is 0.383 e. The van der Waals surface area contributed by atoms with Gasteiger partial charge in [0.15, 0.2) is 11.0 Å². The molecule has 0 aliphatic rings. The van der Waals surface area contributed by atoms with Crippen molar-refractivity contribution in [2.75, 3.05) is 16.8 Å². The molecule has 9 heteroatoms. The summed E-state index contributed by atoms with van der Waals surface area (Å²) in [6, 6.07) is 3.08. The van der Waals surface area contributed by atoms with Crippen LogP contribution >= 0.6 is 11.8 Å². The van der Waals surface area contributed by atoms with Crippen molar-refractivity contribution in [1.29, 1.82) is 0 Å². The first kappa shape index (κ1) is 14.1. The Morgan fingerprint density at radius 1 is 1.35 bits per heavy atom. The minimum absolute atomic E-state index is 0.243. The monoisotopic (exact) mass is 294 g/mol. The zero-order chi connectivity index (χ0) is 14.7. The number of rotatable bonds is 4. The number of carbonyl (C=O) groups is 1. The fourth-order valence-electron chi connectivity index (χ4n) is 1.38. The molecule has 0 aliphatic heterocycles. The number of aryl methyl sites for hydroxylation is 1. The summed E-state index contributed by atoms with van der Waals surface area (Å²) in [5, 5.41) is 6.23. The van der Waals surface area contributed by atoms with Gasteiger partial charge in [-0.25, -0.2) is 9.97 Å². The zero-order valence-corrected chi connectivity index (χ0v) is 11.8. The first-order valence-corrected chi connectivity index (χ1v) is 6.63. The van der Waals surface area contributed by atoms with Crippen LogP contribution in [0.15, 0.2) is 21.8 Å². The summed E-state index contributed by atoms with van der Waals surface area (Å²) >= 11 is 1.15. The SMILES string of the molecule is Cc1cc(NC(=O)[C@@H](C)Sc2nc(N)cc(N)n2)no1. The lowest BCUT2D eigenvalue weighted by molar-refractivity contribution is -0.115. The molecule has 0 saturated carbocycles. The minimum Gasteiger partial charge on any atom is -0.383 e. The van der Waals surface area contributed by atoms with Gasteiger partial charge >= 0.3 is 0 Å². The van der Waals surface area contributed by atoms with Gasteiger partial charge in [0.2, 0.25) is 5.91 Å². The normalized spacial score (nSPS) is 12.1. The van der Waals surface area contributed by atoms with Crippen LogP contribution < -0.4 is 16.8 Å². The highest BCUT2D eigenvalue weighted by molar-refractivity contribution is 8.00. The van der Waals surface area contributed by atoms with Gasteiger partial charge < -0.3 is 21.3 Å². The molecule has 1 atom stereocenters. The van der Waals surface area contributed by atoms with E-state index in [4.69, 9.17) is 16.0 Å². The standard InChI is InChI=1S/C11H14N6O2S/c1-5-3-9(17-19-5)16-10(18)6(2)20-11-14-7(12)4-8(13)15-11/h3-4,6H,1-2H3,(H,16,17,18)(H4,12,13,14,15)/t6-/m1/s1. The van der Waals surface area contributed by atoms with Gasteiger partial charge in [0.05, 0.1) is 5.25 Å². The molecule has 0 aliphatic carbocycles. The van der Waals surface area contributed by atoms with Gasteiger partial charge in [0.1, 0.15) is 17.4 Å². The van der Waals surface area contributed by atoms with Crippen LogP contribution in [-0.2, 0) is 4.79 Å². The van der Waals surface area contributed by atoms with Crippen molar-refractivity contribution in [3.05, 3.63) is 17.9 Å². The second-order valence-electron chi connectivity index (χ2n) is 4.07. The Bertz CT molecular complexity index is 609. The van der Waals surface area contributed by atoms with E-state index >= 15 is 0 Å². The van der Waals surface area contributed by atoms with Crippen LogP contribution in [0.3, 0.4) is 0 Å². The Hall–Kier alpha value is -2.29. The number of amides is 1. The van der Waals surface area contributed by atoms with Crippen LogP contribution in [0, 0.1) is 6.92 Å². The van der Waals surface area contributed by atoms with E-state index in [1.807, 2.05) is 0 Å². The van der Waals surface area contributed by atoms with Crippen molar-refractivity contribution in [2.45, 2.75) is 24.3 Å². The van der Waals surface area contributed by atoms with Crippen LogP contribution in [-0.4, -0.2) is 26.3 Å². The third-order valence-corrected chi connectivity index (χ3v) is 3.24. The van der Waals surface area contributed by atoms with Crippen LogP contribution in [0.1, 0.15) is 12.7 Å². The fourth-order valence-corrected chi connectivity index (χ4v) is 2.18. The van der Waals surface area contributed by atoms with Crippen LogP contribution in [0.2, 0.25) is 0 Å². The number of anilines is 3. The van der Waals surface area contributed by atoms with Gasteiger partial charge in [0.25, 0.3) is 0 Å². The highest BCUT2D eigenvalue weighted by Gasteiger charge is 2.18. The first-order chi connectivity index (χ1) is 9.44. The molecule has 0 aromatic carbocycles. The summed E-state index contributed by atoms with van der Waals surface area (Å²) < 4.78 is 4.87. The third kappa shape index (κ3) is 3.60. The van der Waals surface area contributed by atoms with Crippen molar-refractivity contribution in [3.8, 4) is 0 Å². The highest BCUT2D eigenvalue weighted by Crippen LogP contribution is 2.22. The molecule has 2 aromatic rings. The number of thioether (sulfide) groups is 1. The van der Waals surface area contributed by atoms with Crippen LogP contribution in [0.5, 0.6) is 0 Å². The predicted molar refractivity (Wildman–Crippen MR) is 76.0 cm³/mol.